The number of aromatic nitrogens is 1. The van der Waals surface area contributed by atoms with E-state index in [2.05, 4.69) is 11.0 Å². The van der Waals surface area contributed by atoms with Gasteiger partial charge in [0.05, 0.1) is 0 Å². The summed E-state index contributed by atoms with van der Waals surface area (Å²) in [5, 5.41) is 0. The van der Waals surface area contributed by atoms with Crippen molar-refractivity contribution in [3.8, 4) is 0 Å². The van der Waals surface area contributed by atoms with Crippen LogP contribution in [0.4, 0.5) is 5.82 Å². The highest BCUT2D eigenvalue weighted by Crippen LogP contribution is 2.29. The quantitative estimate of drug-likeness (QED) is 0.911. The zero-order valence-electron chi connectivity index (χ0n) is 12.4. The normalized spacial score (nSPS) is 19.4. The molecule has 0 amide bonds. The van der Waals surface area contributed by atoms with Gasteiger partial charge in [-0.2, -0.15) is 0 Å². The summed E-state index contributed by atoms with van der Waals surface area (Å²) in [5.41, 5.74) is 9.88. The molecule has 0 aromatic carbocycles. The molecule has 0 saturated carbocycles. The highest BCUT2D eigenvalue weighted by molar-refractivity contribution is 5.51. The summed E-state index contributed by atoms with van der Waals surface area (Å²) in [5.74, 6) is 1.84. The Balaban J connectivity index is 1.77. The van der Waals surface area contributed by atoms with Crippen LogP contribution in [0.3, 0.4) is 0 Å². The molecule has 110 valence electrons. The van der Waals surface area contributed by atoms with Crippen LogP contribution in [0, 0.1) is 5.92 Å². The molecule has 1 aliphatic carbocycles. The summed E-state index contributed by atoms with van der Waals surface area (Å²) in [6.07, 6.45) is 5.93. The molecule has 2 heterocycles. The number of aryl methyl sites for hydroxylation is 2. The van der Waals surface area contributed by atoms with Crippen LogP contribution < -0.4 is 10.6 Å². The van der Waals surface area contributed by atoms with Gasteiger partial charge in [-0.25, -0.2) is 4.98 Å². The Labute approximate surface area is 121 Å². The van der Waals surface area contributed by atoms with Crippen molar-refractivity contribution in [3.05, 3.63) is 22.9 Å². The Morgan fingerprint density at radius 3 is 2.85 bits per heavy atom. The number of hydrogen-bond acceptors (Lipinski definition) is 4. The van der Waals surface area contributed by atoms with Crippen LogP contribution in [0.2, 0.25) is 0 Å². The Morgan fingerprint density at radius 1 is 1.35 bits per heavy atom. The van der Waals surface area contributed by atoms with Crippen molar-refractivity contribution in [1.29, 1.82) is 0 Å². The third-order valence-electron chi connectivity index (χ3n) is 4.64. The van der Waals surface area contributed by atoms with E-state index < -0.39 is 0 Å². The van der Waals surface area contributed by atoms with Gasteiger partial charge in [-0.1, -0.05) is 0 Å². The Morgan fingerprint density at radius 2 is 2.15 bits per heavy atom. The van der Waals surface area contributed by atoms with Crippen LogP contribution >= 0.6 is 0 Å². The third-order valence-corrected chi connectivity index (χ3v) is 4.64. The summed E-state index contributed by atoms with van der Waals surface area (Å²) in [6.45, 7) is 3.63. The summed E-state index contributed by atoms with van der Waals surface area (Å²) < 4.78 is 5.27. The minimum Gasteiger partial charge on any atom is -0.384 e. The molecule has 0 bridgehead atoms. The van der Waals surface area contributed by atoms with Gasteiger partial charge in [0, 0.05) is 44.6 Å². The second kappa shape index (κ2) is 6.10. The van der Waals surface area contributed by atoms with Crippen LogP contribution in [0.5, 0.6) is 0 Å². The summed E-state index contributed by atoms with van der Waals surface area (Å²) in [4.78, 5) is 7.36. The number of nitrogens with zero attached hydrogens (tertiary/aromatic N) is 2. The van der Waals surface area contributed by atoms with E-state index in [1.54, 1.807) is 7.11 Å². The molecule has 0 spiro atoms. The lowest BCUT2D eigenvalue weighted by Gasteiger charge is -2.33. The first kappa shape index (κ1) is 13.8. The van der Waals surface area contributed by atoms with Gasteiger partial charge in [-0.3, -0.25) is 0 Å². The molecule has 20 heavy (non-hydrogen) atoms. The second-order valence-corrected chi connectivity index (χ2v) is 6.02. The number of piperidine rings is 1. The number of ether oxygens (including phenoxy) is 1. The first-order chi connectivity index (χ1) is 9.81. The second-order valence-electron chi connectivity index (χ2n) is 6.02. The molecule has 1 saturated heterocycles. The maximum Gasteiger partial charge on any atom is 0.133 e. The van der Waals surface area contributed by atoms with E-state index in [-0.39, 0.29) is 0 Å². The van der Waals surface area contributed by atoms with E-state index in [0.717, 1.165) is 31.9 Å². The van der Waals surface area contributed by atoms with Crippen molar-refractivity contribution in [2.45, 2.75) is 38.6 Å². The average Bonchev–Trinajstić information content (AvgIpc) is 2.94. The van der Waals surface area contributed by atoms with Crippen molar-refractivity contribution in [3.63, 3.8) is 0 Å². The highest BCUT2D eigenvalue weighted by Gasteiger charge is 2.24. The smallest absolute Gasteiger partial charge is 0.133 e. The van der Waals surface area contributed by atoms with Gasteiger partial charge in [-0.05, 0) is 49.7 Å². The zero-order valence-corrected chi connectivity index (χ0v) is 12.4. The van der Waals surface area contributed by atoms with E-state index in [9.17, 15) is 0 Å². The van der Waals surface area contributed by atoms with Crippen molar-refractivity contribution in [1.82, 2.24) is 4.98 Å². The number of methoxy groups -OCH3 is 1. The number of pyridine rings is 1. The Kier molecular flexibility index (Phi) is 4.22. The monoisotopic (exact) mass is 275 g/mol. The summed E-state index contributed by atoms with van der Waals surface area (Å²) >= 11 is 0. The van der Waals surface area contributed by atoms with Gasteiger partial charge in [0.25, 0.3) is 0 Å². The van der Waals surface area contributed by atoms with Gasteiger partial charge in [0.2, 0.25) is 0 Å². The molecular formula is C16H25N3O. The van der Waals surface area contributed by atoms with Gasteiger partial charge in [0.15, 0.2) is 0 Å². The lowest BCUT2D eigenvalue weighted by molar-refractivity contribution is 0.139. The first-order valence-electron chi connectivity index (χ1n) is 7.77. The molecule has 1 aromatic heterocycles. The molecule has 0 radical (unpaired) electrons. The fourth-order valence-electron chi connectivity index (χ4n) is 3.48. The molecule has 2 N–H and O–H groups in total. The fraction of sp³-hybridized carbons (Fsp3) is 0.688. The van der Waals surface area contributed by atoms with Crippen LogP contribution in [0.15, 0.2) is 6.07 Å². The first-order valence-corrected chi connectivity index (χ1v) is 7.77. The van der Waals surface area contributed by atoms with Crippen LogP contribution in [0.1, 0.15) is 36.1 Å². The summed E-state index contributed by atoms with van der Waals surface area (Å²) in [6, 6.07) is 2.30. The van der Waals surface area contributed by atoms with Crippen LogP contribution in [0.25, 0.3) is 0 Å². The molecule has 2 aliphatic rings. The molecule has 0 atom stereocenters. The lowest BCUT2D eigenvalue weighted by atomic mass is 9.97. The van der Waals surface area contributed by atoms with Gasteiger partial charge >= 0.3 is 0 Å². The number of rotatable bonds is 4. The minimum atomic E-state index is 0.591. The van der Waals surface area contributed by atoms with Gasteiger partial charge in [-0.15, -0.1) is 0 Å². The topological polar surface area (TPSA) is 51.4 Å². The van der Waals surface area contributed by atoms with Crippen LogP contribution in [-0.4, -0.2) is 31.8 Å². The maximum absolute atomic E-state index is 5.94. The predicted octanol–water partition coefficient (Wildman–Crippen LogP) is 1.89. The SMILES string of the molecule is COCC1CCN(c2nc3c(cc2CN)CCC3)CC1. The zero-order chi connectivity index (χ0) is 13.9. The molecule has 1 aliphatic heterocycles. The fourth-order valence-corrected chi connectivity index (χ4v) is 3.48. The molecule has 1 aromatic rings. The van der Waals surface area contributed by atoms with E-state index in [1.807, 2.05) is 0 Å². The Bertz CT molecular complexity index is 467. The van der Waals surface area contributed by atoms with Crippen molar-refractivity contribution in [2.24, 2.45) is 11.7 Å². The lowest BCUT2D eigenvalue weighted by Crippen LogP contribution is -2.36. The number of anilines is 1. The molecule has 0 unspecified atom stereocenters. The molecule has 3 rings (SSSR count). The number of hydrogen-bond donors (Lipinski definition) is 1. The van der Waals surface area contributed by atoms with Gasteiger partial charge < -0.3 is 15.4 Å². The van der Waals surface area contributed by atoms with E-state index in [4.69, 9.17) is 15.5 Å². The molecular weight excluding hydrogens is 250 g/mol. The van der Waals surface area contributed by atoms with E-state index in [1.165, 1.54) is 42.5 Å². The third kappa shape index (κ3) is 2.67. The molecule has 1 fully saturated rings. The Hall–Kier alpha value is -1.13. The number of fused-ring (bicyclic) bond motifs is 1. The average molecular weight is 275 g/mol. The van der Waals surface area contributed by atoms with E-state index in [0.29, 0.717) is 12.5 Å². The molecule has 4 heteroatoms. The predicted molar refractivity (Wildman–Crippen MR) is 81.0 cm³/mol. The van der Waals surface area contributed by atoms with Crippen molar-refractivity contribution in [2.75, 3.05) is 31.7 Å². The standard InChI is InChI=1S/C16H25N3O/c1-20-11-12-5-7-19(8-6-12)16-14(10-17)9-13-3-2-4-15(13)18-16/h9,12H,2-8,10-11,17H2,1H3. The van der Waals surface area contributed by atoms with Crippen LogP contribution in [-0.2, 0) is 24.1 Å². The summed E-state index contributed by atoms with van der Waals surface area (Å²) in [7, 11) is 1.79. The maximum atomic E-state index is 5.94. The minimum absolute atomic E-state index is 0.591. The highest BCUT2D eigenvalue weighted by atomic mass is 16.5. The van der Waals surface area contributed by atoms with Crippen molar-refractivity contribution >= 4 is 5.82 Å². The largest absolute Gasteiger partial charge is 0.384 e. The van der Waals surface area contributed by atoms with Gasteiger partial charge in [0.1, 0.15) is 5.82 Å². The van der Waals surface area contributed by atoms with Crippen molar-refractivity contribution < 1.29 is 4.74 Å². The van der Waals surface area contributed by atoms with E-state index >= 15 is 0 Å². The molecule has 4 nitrogen and oxygen atoms in total. The number of nitrogens with two attached hydrogens (primary N) is 1.